The maximum atomic E-state index is 13.1. The lowest BCUT2D eigenvalue weighted by molar-refractivity contribution is 0.0933. The lowest BCUT2D eigenvalue weighted by Crippen LogP contribution is -2.30. The molecule has 138 valence electrons. The number of hydrogen-bond acceptors (Lipinski definition) is 3. The van der Waals surface area contributed by atoms with Gasteiger partial charge in [0.1, 0.15) is 11.5 Å². The molecule has 0 spiro atoms. The Bertz CT molecular complexity index is 1050. The molecule has 3 aromatic rings. The first-order chi connectivity index (χ1) is 12.8. The minimum atomic E-state index is -0.468. The molecule has 8 heteroatoms. The van der Waals surface area contributed by atoms with Crippen LogP contribution in [0.15, 0.2) is 59.4 Å². The fourth-order valence-electron chi connectivity index (χ4n) is 2.44. The highest BCUT2D eigenvalue weighted by atomic mass is 35.5. The molecule has 1 heterocycles. The van der Waals surface area contributed by atoms with E-state index in [1.54, 1.807) is 25.1 Å². The average molecular weight is 406 g/mol. The summed E-state index contributed by atoms with van der Waals surface area (Å²) < 4.78 is 14.1. The molecule has 0 radical (unpaired) electrons. The van der Waals surface area contributed by atoms with Crippen LogP contribution in [0, 0.1) is 5.82 Å². The Hall–Kier alpha value is -2.70. The zero-order chi connectivity index (χ0) is 19.6. The number of amides is 1. The van der Waals surface area contributed by atoms with Crippen molar-refractivity contribution in [2.24, 2.45) is 0 Å². The fraction of sp³-hybridized carbons (Fsp3) is 0.105. The van der Waals surface area contributed by atoms with Crippen molar-refractivity contribution < 1.29 is 9.18 Å². The largest absolute Gasteiger partial charge is 0.344 e. The summed E-state index contributed by atoms with van der Waals surface area (Å²) in [6.45, 7) is 1.79. The van der Waals surface area contributed by atoms with E-state index in [1.165, 1.54) is 36.4 Å². The van der Waals surface area contributed by atoms with Gasteiger partial charge in [0.15, 0.2) is 0 Å². The third-order valence-electron chi connectivity index (χ3n) is 3.90. The van der Waals surface area contributed by atoms with Crippen molar-refractivity contribution in [2.45, 2.75) is 13.0 Å². The molecule has 5 nitrogen and oxygen atoms in total. The normalized spacial score (nSPS) is 11.9. The van der Waals surface area contributed by atoms with Crippen molar-refractivity contribution in [2.75, 3.05) is 0 Å². The number of nitrogens with one attached hydrogen (secondary N) is 1. The maximum Gasteiger partial charge on any atom is 0.272 e. The Labute approximate surface area is 164 Å². The molecule has 0 aliphatic rings. The van der Waals surface area contributed by atoms with Gasteiger partial charge >= 0.3 is 0 Å². The van der Waals surface area contributed by atoms with E-state index in [0.29, 0.717) is 15.7 Å². The van der Waals surface area contributed by atoms with Crippen molar-refractivity contribution in [3.8, 4) is 5.69 Å². The summed E-state index contributed by atoms with van der Waals surface area (Å²) in [4.78, 5) is 24.6. The van der Waals surface area contributed by atoms with Crippen LogP contribution in [0.25, 0.3) is 5.69 Å². The highest BCUT2D eigenvalue weighted by molar-refractivity contribution is 6.42. The van der Waals surface area contributed by atoms with Crippen LogP contribution in [-0.4, -0.2) is 15.7 Å². The number of carbonyl (C=O) groups is 1. The number of halogens is 3. The summed E-state index contributed by atoms with van der Waals surface area (Å²) in [5.41, 5.74) is 0.736. The maximum absolute atomic E-state index is 13.1. The van der Waals surface area contributed by atoms with Gasteiger partial charge in [0, 0.05) is 6.07 Å². The van der Waals surface area contributed by atoms with Crippen LogP contribution in [0.2, 0.25) is 10.0 Å². The van der Waals surface area contributed by atoms with Gasteiger partial charge in [-0.1, -0.05) is 29.3 Å². The van der Waals surface area contributed by atoms with E-state index in [1.807, 2.05) is 0 Å². The van der Waals surface area contributed by atoms with Crippen molar-refractivity contribution in [1.29, 1.82) is 0 Å². The molecule has 0 saturated heterocycles. The predicted molar refractivity (Wildman–Crippen MR) is 102 cm³/mol. The van der Waals surface area contributed by atoms with Crippen LogP contribution < -0.4 is 10.9 Å². The van der Waals surface area contributed by atoms with Crippen molar-refractivity contribution in [3.05, 3.63) is 92.1 Å². The van der Waals surface area contributed by atoms with Gasteiger partial charge in [-0.05, 0) is 55.0 Å². The summed E-state index contributed by atoms with van der Waals surface area (Å²) >= 11 is 11.9. The first kappa shape index (κ1) is 19.1. The topological polar surface area (TPSA) is 64.0 Å². The lowest BCUT2D eigenvalue weighted by Gasteiger charge is -2.15. The van der Waals surface area contributed by atoms with Crippen LogP contribution in [0.1, 0.15) is 29.0 Å². The Kier molecular flexibility index (Phi) is 5.58. The highest BCUT2D eigenvalue weighted by Gasteiger charge is 2.15. The van der Waals surface area contributed by atoms with Gasteiger partial charge < -0.3 is 5.32 Å². The van der Waals surface area contributed by atoms with E-state index in [4.69, 9.17) is 23.2 Å². The van der Waals surface area contributed by atoms with Gasteiger partial charge in [-0.2, -0.15) is 9.78 Å². The zero-order valence-corrected chi connectivity index (χ0v) is 15.6. The zero-order valence-electron chi connectivity index (χ0n) is 14.1. The van der Waals surface area contributed by atoms with Gasteiger partial charge in [0.25, 0.3) is 11.5 Å². The van der Waals surface area contributed by atoms with E-state index in [-0.39, 0.29) is 11.7 Å². The molecular weight excluding hydrogens is 392 g/mol. The van der Waals surface area contributed by atoms with E-state index < -0.39 is 17.3 Å². The molecular formula is C19H14Cl2FN3O2. The van der Waals surface area contributed by atoms with Gasteiger partial charge in [-0.25, -0.2) is 4.39 Å². The molecule has 1 amide bonds. The molecule has 0 aliphatic carbocycles. The van der Waals surface area contributed by atoms with Crippen LogP contribution in [-0.2, 0) is 0 Å². The number of rotatable bonds is 4. The molecule has 1 unspecified atom stereocenters. The monoisotopic (exact) mass is 405 g/mol. The van der Waals surface area contributed by atoms with Crippen LogP contribution in [0.5, 0.6) is 0 Å². The summed E-state index contributed by atoms with van der Waals surface area (Å²) in [6, 6.07) is 12.5. The van der Waals surface area contributed by atoms with E-state index in [9.17, 15) is 14.0 Å². The van der Waals surface area contributed by atoms with Crippen molar-refractivity contribution in [3.63, 3.8) is 0 Å². The molecule has 0 aliphatic heterocycles. The van der Waals surface area contributed by atoms with Gasteiger partial charge in [0.05, 0.1) is 21.8 Å². The number of hydrogen-bond donors (Lipinski definition) is 1. The lowest BCUT2D eigenvalue weighted by atomic mass is 10.1. The van der Waals surface area contributed by atoms with E-state index in [2.05, 4.69) is 10.4 Å². The number of carbonyl (C=O) groups excluding carboxylic acids is 1. The first-order valence-electron chi connectivity index (χ1n) is 7.97. The van der Waals surface area contributed by atoms with Crippen LogP contribution >= 0.6 is 23.2 Å². The van der Waals surface area contributed by atoms with Crippen LogP contribution in [0.4, 0.5) is 4.39 Å². The van der Waals surface area contributed by atoms with E-state index >= 15 is 0 Å². The molecule has 1 atom stereocenters. The van der Waals surface area contributed by atoms with Crippen molar-refractivity contribution >= 4 is 29.1 Å². The number of nitrogens with zero attached hydrogens (tertiary/aromatic N) is 2. The fourth-order valence-corrected chi connectivity index (χ4v) is 2.74. The van der Waals surface area contributed by atoms with Gasteiger partial charge in [0.2, 0.25) is 0 Å². The predicted octanol–water partition coefficient (Wildman–Crippen LogP) is 4.17. The Balaban J connectivity index is 1.84. The first-order valence-corrected chi connectivity index (χ1v) is 8.73. The molecule has 0 saturated carbocycles. The highest BCUT2D eigenvalue weighted by Crippen LogP contribution is 2.25. The van der Waals surface area contributed by atoms with Gasteiger partial charge in [-0.15, -0.1) is 0 Å². The average Bonchev–Trinajstić information content (AvgIpc) is 2.65. The Morgan fingerprint density at radius 3 is 2.44 bits per heavy atom. The Morgan fingerprint density at radius 1 is 1.07 bits per heavy atom. The standard InChI is InChI=1S/C19H14Cl2FN3O2/c1-11(12-2-7-15(20)16(21)10-12)23-19(27)17-8-9-18(26)25(24-17)14-5-3-13(22)4-6-14/h2-11H,1H3,(H,23,27). The third-order valence-corrected chi connectivity index (χ3v) is 4.63. The second-order valence-corrected chi connectivity index (χ2v) is 6.63. The second kappa shape index (κ2) is 7.90. The quantitative estimate of drug-likeness (QED) is 0.708. The van der Waals surface area contributed by atoms with Gasteiger partial charge in [-0.3, -0.25) is 9.59 Å². The molecule has 3 rings (SSSR count). The number of aromatic nitrogens is 2. The summed E-state index contributed by atoms with van der Waals surface area (Å²) in [6.07, 6.45) is 0. The molecule has 1 N–H and O–H groups in total. The minimum Gasteiger partial charge on any atom is -0.344 e. The number of benzene rings is 2. The minimum absolute atomic E-state index is 0.0471. The van der Waals surface area contributed by atoms with Crippen molar-refractivity contribution in [1.82, 2.24) is 15.1 Å². The molecule has 1 aromatic heterocycles. The smallest absolute Gasteiger partial charge is 0.272 e. The summed E-state index contributed by atoms with van der Waals surface area (Å²) in [5.74, 6) is -0.902. The Morgan fingerprint density at radius 2 is 1.78 bits per heavy atom. The summed E-state index contributed by atoms with van der Waals surface area (Å²) in [7, 11) is 0. The molecule has 27 heavy (non-hydrogen) atoms. The van der Waals surface area contributed by atoms with E-state index in [0.717, 1.165) is 10.2 Å². The SMILES string of the molecule is CC(NC(=O)c1ccc(=O)n(-c2ccc(F)cc2)n1)c1ccc(Cl)c(Cl)c1. The van der Waals surface area contributed by atoms with Crippen LogP contribution in [0.3, 0.4) is 0 Å². The second-order valence-electron chi connectivity index (χ2n) is 5.81. The summed E-state index contributed by atoms with van der Waals surface area (Å²) in [5, 5.41) is 7.67. The molecule has 0 fully saturated rings. The molecule has 2 aromatic carbocycles. The third kappa shape index (κ3) is 4.35. The molecule has 0 bridgehead atoms.